The van der Waals surface area contributed by atoms with Crippen LogP contribution in [0.2, 0.25) is 0 Å². The molecule has 1 N–H and O–H groups in total. The van der Waals surface area contributed by atoms with Crippen molar-refractivity contribution >= 4 is 5.91 Å². The van der Waals surface area contributed by atoms with Crippen LogP contribution in [0.5, 0.6) is 11.5 Å². The van der Waals surface area contributed by atoms with E-state index in [4.69, 9.17) is 14.2 Å². The van der Waals surface area contributed by atoms with Crippen LogP contribution < -0.4 is 14.8 Å². The molecule has 1 atom stereocenters. The Morgan fingerprint density at radius 2 is 2.04 bits per heavy atom. The zero-order valence-electron chi connectivity index (χ0n) is 15.8. The number of ether oxygens (including phenoxy) is 3. The molecule has 1 aliphatic carbocycles. The molecule has 26 heavy (non-hydrogen) atoms. The van der Waals surface area contributed by atoms with Crippen molar-refractivity contribution in [3.63, 3.8) is 0 Å². The van der Waals surface area contributed by atoms with Gasteiger partial charge in [0.05, 0.1) is 19.6 Å². The summed E-state index contributed by atoms with van der Waals surface area (Å²) in [5.41, 5.74) is 1.08. The second-order valence-electron chi connectivity index (χ2n) is 7.07. The van der Waals surface area contributed by atoms with Gasteiger partial charge in [-0.1, -0.05) is 6.07 Å². The lowest BCUT2D eigenvalue weighted by atomic mass is 10.1. The molecule has 1 aliphatic heterocycles. The summed E-state index contributed by atoms with van der Waals surface area (Å²) in [6, 6.07) is 6.35. The Morgan fingerprint density at radius 3 is 2.69 bits per heavy atom. The Balaban J connectivity index is 1.67. The van der Waals surface area contributed by atoms with Gasteiger partial charge in [0.25, 0.3) is 0 Å². The van der Waals surface area contributed by atoms with Gasteiger partial charge in [0.15, 0.2) is 11.5 Å². The third-order valence-corrected chi connectivity index (χ3v) is 5.01. The predicted octanol–water partition coefficient (Wildman–Crippen LogP) is 2.21. The molecular weight excluding hydrogens is 332 g/mol. The number of nitrogens with zero attached hydrogens (tertiary/aromatic N) is 1. The molecule has 1 heterocycles. The Bertz CT molecular complexity index is 597. The summed E-state index contributed by atoms with van der Waals surface area (Å²) in [6.45, 7) is 3.63. The van der Waals surface area contributed by atoms with Crippen LogP contribution in [0, 0.1) is 5.92 Å². The van der Waals surface area contributed by atoms with Gasteiger partial charge < -0.3 is 24.4 Å². The van der Waals surface area contributed by atoms with E-state index in [1.807, 2.05) is 18.2 Å². The van der Waals surface area contributed by atoms with Crippen LogP contribution in [0.1, 0.15) is 31.2 Å². The van der Waals surface area contributed by atoms with Gasteiger partial charge in [0.1, 0.15) is 0 Å². The number of rotatable bonds is 10. The van der Waals surface area contributed by atoms with Crippen molar-refractivity contribution in [2.45, 2.75) is 38.3 Å². The fourth-order valence-corrected chi connectivity index (χ4v) is 3.39. The highest BCUT2D eigenvalue weighted by molar-refractivity contribution is 5.80. The van der Waals surface area contributed by atoms with Gasteiger partial charge in [-0.05, 0) is 43.5 Å². The van der Waals surface area contributed by atoms with Crippen molar-refractivity contribution in [2.75, 3.05) is 40.5 Å². The Hall–Kier alpha value is -1.79. The van der Waals surface area contributed by atoms with E-state index in [-0.39, 0.29) is 11.8 Å². The smallest absolute Gasteiger partial charge is 0.227 e. The lowest BCUT2D eigenvalue weighted by molar-refractivity contribution is -0.136. The number of carbonyl (C=O) groups is 1. The van der Waals surface area contributed by atoms with Crippen LogP contribution >= 0.6 is 0 Å². The van der Waals surface area contributed by atoms with Crippen molar-refractivity contribution in [2.24, 2.45) is 5.92 Å². The van der Waals surface area contributed by atoms with Gasteiger partial charge >= 0.3 is 0 Å². The van der Waals surface area contributed by atoms with Crippen LogP contribution in [0.15, 0.2) is 18.2 Å². The van der Waals surface area contributed by atoms with Crippen molar-refractivity contribution in [3.8, 4) is 11.5 Å². The molecule has 1 saturated carbocycles. The number of hydrogen-bond acceptors (Lipinski definition) is 5. The second-order valence-corrected chi connectivity index (χ2v) is 7.07. The molecular formula is C20H30N2O4. The average molecular weight is 362 g/mol. The van der Waals surface area contributed by atoms with Gasteiger partial charge in [-0.25, -0.2) is 0 Å². The molecule has 6 nitrogen and oxygen atoms in total. The third-order valence-electron chi connectivity index (χ3n) is 5.01. The fourth-order valence-electron chi connectivity index (χ4n) is 3.39. The first-order valence-corrected chi connectivity index (χ1v) is 9.52. The minimum Gasteiger partial charge on any atom is -0.493 e. The standard InChI is InChI=1S/C20H30N2O4/c1-24-10-3-11-26-19-12-15(4-7-18(19)25-2)14-22(17-5-6-17)20(23)16-8-9-21-13-16/h4,7,12,16-17,21H,3,5-6,8-11,13-14H2,1-2H3/t16-/m0/s1. The molecule has 0 unspecified atom stereocenters. The first kappa shape index (κ1) is 19.0. The molecule has 0 spiro atoms. The number of benzene rings is 1. The molecule has 2 fully saturated rings. The summed E-state index contributed by atoms with van der Waals surface area (Å²) < 4.78 is 16.3. The van der Waals surface area contributed by atoms with Crippen LogP contribution in [0.3, 0.4) is 0 Å². The lowest BCUT2D eigenvalue weighted by Crippen LogP contribution is -2.38. The summed E-state index contributed by atoms with van der Waals surface area (Å²) >= 11 is 0. The average Bonchev–Trinajstić information content (AvgIpc) is 3.35. The first-order chi connectivity index (χ1) is 12.7. The van der Waals surface area contributed by atoms with Crippen molar-refractivity contribution in [1.29, 1.82) is 0 Å². The molecule has 0 bridgehead atoms. The summed E-state index contributed by atoms with van der Waals surface area (Å²) in [4.78, 5) is 15.0. The minimum absolute atomic E-state index is 0.124. The highest BCUT2D eigenvalue weighted by Crippen LogP contribution is 2.33. The molecule has 0 radical (unpaired) electrons. The number of methoxy groups -OCH3 is 2. The van der Waals surface area contributed by atoms with E-state index in [2.05, 4.69) is 10.2 Å². The topological polar surface area (TPSA) is 60.0 Å². The molecule has 2 aliphatic rings. The van der Waals surface area contributed by atoms with Crippen LogP contribution in [0.25, 0.3) is 0 Å². The maximum atomic E-state index is 12.9. The quantitative estimate of drug-likeness (QED) is 0.647. The Morgan fingerprint density at radius 1 is 1.19 bits per heavy atom. The minimum atomic E-state index is 0.124. The number of nitrogens with one attached hydrogen (secondary N) is 1. The highest BCUT2D eigenvalue weighted by atomic mass is 16.5. The lowest BCUT2D eigenvalue weighted by Gasteiger charge is -2.26. The monoisotopic (exact) mass is 362 g/mol. The molecule has 1 amide bonds. The van der Waals surface area contributed by atoms with E-state index in [1.165, 1.54) is 0 Å². The second kappa shape index (κ2) is 9.24. The first-order valence-electron chi connectivity index (χ1n) is 9.52. The maximum absolute atomic E-state index is 12.9. The summed E-state index contributed by atoms with van der Waals surface area (Å²) in [7, 11) is 3.33. The fraction of sp³-hybridized carbons (Fsp3) is 0.650. The Kier molecular flexibility index (Phi) is 6.74. The van der Waals surface area contributed by atoms with E-state index < -0.39 is 0 Å². The van der Waals surface area contributed by atoms with Gasteiger partial charge in [0, 0.05) is 39.3 Å². The molecule has 0 aromatic heterocycles. The van der Waals surface area contributed by atoms with Crippen LogP contribution in [-0.4, -0.2) is 57.4 Å². The van der Waals surface area contributed by atoms with Crippen molar-refractivity contribution in [3.05, 3.63) is 23.8 Å². The molecule has 1 aromatic rings. The van der Waals surface area contributed by atoms with E-state index >= 15 is 0 Å². The van der Waals surface area contributed by atoms with Crippen molar-refractivity contribution < 1.29 is 19.0 Å². The molecule has 1 saturated heterocycles. The molecule has 1 aromatic carbocycles. The Labute approximate surface area is 155 Å². The molecule has 3 rings (SSSR count). The summed E-state index contributed by atoms with van der Waals surface area (Å²) in [6.07, 6.45) is 3.99. The number of hydrogen-bond donors (Lipinski definition) is 1. The zero-order valence-corrected chi connectivity index (χ0v) is 15.8. The summed E-state index contributed by atoms with van der Waals surface area (Å²) in [5.74, 6) is 1.86. The maximum Gasteiger partial charge on any atom is 0.227 e. The molecule has 6 heteroatoms. The zero-order chi connectivity index (χ0) is 18.4. The normalized spacial score (nSPS) is 19.4. The third kappa shape index (κ3) is 4.89. The van der Waals surface area contributed by atoms with E-state index in [9.17, 15) is 4.79 Å². The van der Waals surface area contributed by atoms with Gasteiger partial charge in [-0.3, -0.25) is 4.79 Å². The number of carbonyl (C=O) groups excluding carboxylic acids is 1. The number of amides is 1. The summed E-state index contributed by atoms with van der Waals surface area (Å²) in [5, 5.41) is 3.29. The van der Waals surface area contributed by atoms with Gasteiger partial charge in [-0.15, -0.1) is 0 Å². The largest absolute Gasteiger partial charge is 0.493 e. The molecule has 144 valence electrons. The van der Waals surface area contributed by atoms with E-state index in [0.717, 1.165) is 55.8 Å². The SMILES string of the molecule is COCCCOc1cc(CN(C(=O)[C@H]2CCNC2)C2CC2)ccc1OC. The van der Waals surface area contributed by atoms with Crippen LogP contribution in [0.4, 0.5) is 0 Å². The van der Waals surface area contributed by atoms with Gasteiger partial charge in [0.2, 0.25) is 5.91 Å². The van der Waals surface area contributed by atoms with Crippen molar-refractivity contribution in [1.82, 2.24) is 10.2 Å². The highest BCUT2D eigenvalue weighted by Gasteiger charge is 2.36. The van der Waals surface area contributed by atoms with E-state index in [1.54, 1.807) is 14.2 Å². The van der Waals surface area contributed by atoms with E-state index in [0.29, 0.717) is 25.8 Å². The van der Waals surface area contributed by atoms with Crippen LogP contribution in [-0.2, 0) is 16.1 Å². The van der Waals surface area contributed by atoms with Gasteiger partial charge in [-0.2, -0.15) is 0 Å². The predicted molar refractivity (Wildman–Crippen MR) is 99.5 cm³/mol.